The molecule has 94 valence electrons. The summed E-state index contributed by atoms with van der Waals surface area (Å²) in [5, 5.41) is 3.14. The minimum atomic E-state index is -0.448. The number of aromatic nitrogens is 1. The fourth-order valence-corrected chi connectivity index (χ4v) is 1.32. The molecule has 0 fully saturated rings. The Morgan fingerprint density at radius 3 is 2.94 bits per heavy atom. The lowest BCUT2D eigenvalue weighted by molar-refractivity contribution is 0.0602. The van der Waals surface area contributed by atoms with Crippen LogP contribution in [0, 0.1) is 5.92 Å². The maximum Gasteiger partial charge on any atom is 0.340 e. The summed E-state index contributed by atoms with van der Waals surface area (Å²) < 4.78 is 4.64. The standard InChI is InChI=1S/C12H19N3O2/c1-4-8(2)7-15-11-10(13)9(5-6-14-11)12(16)17-3/h5-6,8H,4,7,13H2,1-3H3,(H,14,15). The quantitative estimate of drug-likeness (QED) is 0.765. The summed E-state index contributed by atoms with van der Waals surface area (Å²) >= 11 is 0. The Kier molecular flexibility index (Phi) is 4.75. The highest BCUT2D eigenvalue weighted by Crippen LogP contribution is 2.21. The molecule has 0 aliphatic heterocycles. The van der Waals surface area contributed by atoms with Crippen LogP contribution in [0.15, 0.2) is 12.3 Å². The van der Waals surface area contributed by atoms with Gasteiger partial charge in [0.1, 0.15) is 5.82 Å². The molecule has 5 nitrogen and oxygen atoms in total. The summed E-state index contributed by atoms with van der Waals surface area (Å²) in [5.41, 5.74) is 6.54. The lowest BCUT2D eigenvalue weighted by Gasteiger charge is -2.13. The second-order valence-electron chi connectivity index (χ2n) is 4.01. The van der Waals surface area contributed by atoms with E-state index in [1.807, 2.05) is 0 Å². The summed E-state index contributed by atoms with van der Waals surface area (Å²) in [6, 6.07) is 1.55. The van der Waals surface area contributed by atoms with Crippen molar-refractivity contribution in [1.29, 1.82) is 0 Å². The topological polar surface area (TPSA) is 77.2 Å². The first-order valence-electron chi connectivity index (χ1n) is 5.66. The number of carbonyl (C=O) groups excluding carboxylic acids is 1. The van der Waals surface area contributed by atoms with Crippen molar-refractivity contribution in [1.82, 2.24) is 4.98 Å². The molecule has 3 N–H and O–H groups in total. The predicted molar refractivity (Wildman–Crippen MR) is 67.9 cm³/mol. The number of hydrogen-bond donors (Lipinski definition) is 2. The molecule has 0 bridgehead atoms. The van der Waals surface area contributed by atoms with Gasteiger partial charge in [-0.1, -0.05) is 20.3 Å². The molecule has 0 saturated heterocycles. The molecule has 0 amide bonds. The molecular weight excluding hydrogens is 218 g/mol. The zero-order chi connectivity index (χ0) is 12.8. The van der Waals surface area contributed by atoms with Gasteiger partial charge in [0.25, 0.3) is 0 Å². The average Bonchev–Trinajstić information content (AvgIpc) is 2.36. The molecule has 17 heavy (non-hydrogen) atoms. The van der Waals surface area contributed by atoms with Crippen LogP contribution in [-0.2, 0) is 4.74 Å². The number of ether oxygens (including phenoxy) is 1. The van der Waals surface area contributed by atoms with Crippen LogP contribution in [0.5, 0.6) is 0 Å². The first-order valence-corrected chi connectivity index (χ1v) is 5.66. The van der Waals surface area contributed by atoms with Crippen molar-refractivity contribution in [3.8, 4) is 0 Å². The van der Waals surface area contributed by atoms with Crippen LogP contribution in [0.3, 0.4) is 0 Å². The molecule has 1 heterocycles. The predicted octanol–water partition coefficient (Wildman–Crippen LogP) is 1.91. The van der Waals surface area contributed by atoms with Crippen molar-refractivity contribution < 1.29 is 9.53 Å². The third-order valence-corrected chi connectivity index (χ3v) is 2.71. The van der Waals surface area contributed by atoms with Crippen molar-refractivity contribution >= 4 is 17.5 Å². The molecule has 1 atom stereocenters. The van der Waals surface area contributed by atoms with Crippen LogP contribution < -0.4 is 11.1 Å². The number of nitrogens with zero attached hydrogens (tertiary/aromatic N) is 1. The number of hydrogen-bond acceptors (Lipinski definition) is 5. The van der Waals surface area contributed by atoms with Gasteiger partial charge in [-0.25, -0.2) is 9.78 Å². The Labute approximate surface area is 101 Å². The molecule has 0 radical (unpaired) electrons. The van der Waals surface area contributed by atoms with Crippen LogP contribution >= 0.6 is 0 Å². The Bertz CT molecular complexity index is 393. The van der Waals surface area contributed by atoms with Crippen LogP contribution in [0.4, 0.5) is 11.5 Å². The number of nitrogens with two attached hydrogens (primary N) is 1. The van der Waals surface area contributed by atoms with Crippen molar-refractivity contribution in [3.63, 3.8) is 0 Å². The van der Waals surface area contributed by atoms with E-state index >= 15 is 0 Å². The number of carbonyl (C=O) groups is 1. The summed E-state index contributed by atoms with van der Waals surface area (Å²) in [6.45, 7) is 5.03. The summed E-state index contributed by atoms with van der Waals surface area (Å²) in [6.07, 6.45) is 2.62. The highest BCUT2D eigenvalue weighted by atomic mass is 16.5. The van der Waals surface area contributed by atoms with E-state index in [0.29, 0.717) is 23.0 Å². The molecule has 1 aromatic heterocycles. The molecule has 0 spiro atoms. The van der Waals surface area contributed by atoms with Gasteiger partial charge < -0.3 is 15.8 Å². The number of nitrogens with one attached hydrogen (secondary N) is 1. The van der Waals surface area contributed by atoms with Gasteiger partial charge in [-0.05, 0) is 12.0 Å². The molecule has 1 unspecified atom stereocenters. The summed E-state index contributed by atoms with van der Waals surface area (Å²) in [7, 11) is 1.33. The normalized spacial score (nSPS) is 11.9. The van der Waals surface area contributed by atoms with Gasteiger partial charge >= 0.3 is 5.97 Å². The number of methoxy groups -OCH3 is 1. The molecule has 1 rings (SSSR count). The van der Waals surface area contributed by atoms with Crippen molar-refractivity contribution in [2.24, 2.45) is 5.92 Å². The Hall–Kier alpha value is -1.78. The maximum absolute atomic E-state index is 11.4. The van der Waals surface area contributed by atoms with Crippen LogP contribution in [0.25, 0.3) is 0 Å². The zero-order valence-corrected chi connectivity index (χ0v) is 10.5. The highest BCUT2D eigenvalue weighted by Gasteiger charge is 2.13. The number of anilines is 2. The van der Waals surface area contributed by atoms with E-state index < -0.39 is 5.97 Å². The molecule has 0 aliphatic rings. The Balaban J connectivity index is 2.83. The number of pyridine rings is 1. The lowest BCUT2D eigenvalue weighted by Crippen LogP contribution is -2.15. The SMILES string of the molecule is CCC(C)CNc1nccc(C(=O)OC)c1N. The lowest BCUT2D eigenvalue weighted by atomic mass is 10.1. The molecule has 0 aromatic carbocycles. The average molecular weight is 237 g/mol. The van der Waals surface area contributed by atoms with Gasteiger partial charge in [-0.2, -0.15) is 0 Å². The molecule has 5 heteroatoms. The van der Waals surface area contributed by atoms with Crippen LogP contribution in [0.1, 0.15) is 30.6 Å². The largest absolute Gasteiger partial charge is 0.465 e. The number of rotatable bonds is 5. The fourth-order valence-electron chi connectivity index (χ4n) is 1.32. The highest BCUT2D eigenvalue weighted by molar-refractivity contribution is 5.97. The van der Waals surface area contributed by atoms with E-state index in [9.17, 15) is 4.79 Å². The van der Waals surface area contributed by atoms with E-state index in [2.05, 4.69) is 28.9 Å². The smallest absolute Gasteiger partial charge is 0.340 e. The summed E-state index contributed by atoms with van der Waals surface area (Å²) in [5.74, 6) is 0.614. The number of nitrogen functional groups attached to an aromatic ring is 1. The number of esters is 1. The summed E-state index contributed by atoms with van der Waals surface area (Å²) in [4.78, 5) is 15.5. The minimum absolute atomic E-state index is 0.336. The van der Waals surface area contributed by atoms with Gasteiger partial charge in [0.2, 0.25) is 0 Å². The zero-order valence-electron chi connectivity index (χ0n) is 10.5. The van der Waals surface area contributed by atoms with Crippen molar-refractivity contribution in [2.45, 2.75) is 20.3 Å². The Morgan fingerprint density at radius 1 is 1.65 bits per heavy atom. The van der Waals surface area contributed by atoms with Crippen molar-refractivity contribution in [2.75, 3.05) is 24.7 Å². The van der Waals surface area contributed by atoms with E-state index in [-0.39, 0.29) is 0 Å². The van der Waals surface area contributed by atoms with Gasteiger partial charge in [0, 0.05) is 12.7 Å². The van der Waals surface area contributed by atoms with Crippen molar-refractivity contribution in [3.05, 3.63) is 17.8 Å². The first kappa shape index (κ1) is 13.3. The third-order valence-electron chi connectivity index (χ3n) is 2.71. The second kappa shape index (κ2) is 6.08. The van der Waals surface area contributed by atoms with Gasteiger partial charge in [-0.3, -0.25) is 0 Å². The first-order chi connectivity index (χ1) is 8.10. The van der Waals surface area contributed by atoms with E-state index in [1.165, 1.54) is 7.11 Å². The minimum Gasteiger partial charge on any atom is -0.465 e. The molecule has 0 saturated carbocycles. The van der Waals surface area contributed by atoms with E-state index in [4.69, 9.17) is 5.73 Å². The van der Waals surface area contributed by atoms with Crippen LogP contribution in [0.2, 0.25) is 0 Å². The molecule has 1 aromatic rings. The monoisotopic (exact) mass is 237 g/mol. The van der Waals surface area contributed by atoms with Gasteiger partial charge in [-0.15, -0.1) is 0 Å². The third kappa shape index (κ3) is 3.34. The van der Waals surface area contributed by atoms with Gasteiger partial charge in [0.05, 0.1) is 18.4 Å². The molecule has 0 aliphatic carbocycles. The Morgan fingerprint density at radius 2 is 2.35 bits per heavy atom. The van der Waals surface area contributed by atoms with Crippen LogP contribution in [-0.4, -0.2) is 24.6 Å². The van der Waals surface area contributed by atoms with E-state index in [0.717, 1.165) is 13.0 Å². The fraction of sp³-hybridized carbons (Fsp3) is 0.500. The maximum atomic E-state index is 11.4. The van der Waals surface area contributed by atoms with E-state index in [1.54, 1.807) is 12.3 Å². The van der Waals surface area contributed by atoms with Gasteiger partial charge in [0.15, 0.2) is 0 Å². The molecular formula is C12H19N3O2. The second-order valence-corrected chi connectivity index (χ2v) is 4.01.